The molecule has 0 bridgehead atoms. The number of hydrogen-bond acceptors (Lipinski definition) is 8. The second-order valence-electron chi connectivity index (χ2n) is 9.29. The number of hydrogen-bond donors (Lipinski definition) is 3. The highest BCUT2D eigenvalue weighted by molar-refractivity contribution is 7.89. The summed E-state index contributed by atoms with van der Waals surface area (Å²) in [4.78, 5) is 0.199. The Morgan fingerprint density at radius 1 is 1.16 bits per heavy atom. The molecule has 0 radical (unpaired) electrons. The summed E-state index contributed by atoms with van der Waals surface area (Å²) in [5.74, 6) is 0.344. The summed E-state index contributed by atoms with van der Waals surface area (Å²) < 4.78 is 65.3. The van der Waals surface area contributed by atoms with Gasteiger partial charge in [0.05, 0.1) is 22.1 Å². The van der Waals surface area contributed by atoms with Gasteiger partial charge in [-0.05, 0) is 50.6 Å². The molecule has 37 heavy (non-hydrogen) atoms. The minimum Gasteiger partial charge on any atom is -0.491 e. The fourth-order valence-corrected chi connectivity index (χ4v) is 7.35. The van der Waals surface area contributed by atoms with E-state index < -0.39 is 31.8 Å². The molecule has 0 saturated carbocycles. The average Bonchev–Trinajstić information content (AvgIpc) is 3.29. The molecule has 2 aliphatic heterocycles. The quantitative estimate of drug-likeness (QED) is 0.390. The van der Waals surface area contributed by atoms with Gasteiger partial charge in [-0.2, -0.15) is 4.31 Å². The van der Waals surface area contributed by atoms with Crippen LogP contribution in [0.15, 0.2) is 58.3 Å². The van der Waals surface area contributed by atoms with Crippen LogP contribution in [0.1, 0.15) is 19.3 Å². The molecule has 1 unspecified atom stereocenters. The predicted molar refractivity (Wildman–Crippen MR) is 139 cm³/mol. The summed E-state index contributed by atoms with van der Waals surface area (Å²) in [5.41, 5.74) is -0.398. The first kappa shape index (κ1) is 28.2. The van der Waals surface area contributed by atoms with Crippen LogP contribution in [0.25, 0.3) is 0 Å². The molecule has 10 nitrogen and oxygen atoms in total. The van der Waals surface area contributed by atoms with Crippen LogP contribution in [-0.4, -0.2) is 83.9 Å². The lowest BCUT2D eigenvalue weighted by atomic mass is 9.88. The number of ether oxygens (including phenoxy) is 2. The summed E-state index contributed by atoms with van der Waals surface area (Å²) in [6.07, 6.45) is 1.05. The Bertz CT molecular complexity index is 1300. The van der Waals surface area contributed by atoms with E-state index in [2.05, 4.69) is 10.0 Å². The van der Waals surface area contributed by atoms with Gasteiger partial charge in [-0.3, -0.25) is 0 Å². The number of aliphatic hydroxyl groups excluding tert-OH is 1. The van der Waals surface area contributed by atoms with Crippen molar-refractivity contribution in [3.63, 3.8) is 0 Å². The van der Waals surface area contributed by atoms with E-state index in [0.717, 1.165) is 0 Å². The molecule has 2 aliphatic rings. The molecule has 4 rings (SSSR count). The van der Waals surface area contributed by atoms with Crippen molar-refractivity contribution < 1.29 is 31.4 Å². The molecule has 1 spiro atoms. The number of halogens is 1. The minimum atomic E-state index is -3.67. The first-order valence-corrected chi connectivity index (χ1v) is 15.3. The second kappa shape index (κ2) is 11.5. The Morgan fingerprint density at radius 3 is 2.59 bits per heavy atom. The number of nitrogens with zero attached hydrogens (tertiary/aromatic N) is 1. The second-order valence-corrected chi connectivity index (χ2v) is 13.5. The third-order valence-corrected chi connectivity index (χ3v) is 10.6. The third-order valence-electron chi connectivity index (χ3n) is 6.77. The zero-order valence-electron chi connectivity index (χ0n) is 20.5. The van der Waals surface area contributed by atoms with Gasteiger partial charge in [0.25, 0.3) is 0 Å². The van der Waals surface area contributed by atoms with Crippen LogP contribution in [0.5, 0.6) is 5.75 Å². The fourth-order valence-electron chi connectivity index (χ4n) is 4.65. The maximum absolute atomic E-state index is 13.0. The first-order valence-electron chi connectivity index (χ1n) is 12.0. The molecule has 2 fully saturated rings. The topological polar surface area (TPSA) is 134 Å². The number of benzene rings is 2. The van der Waals surface area contributed by atoms with Gasteiger partial charge in [0, 0.05) is 31.7 Å². The lowest BCUT2D eigenvalue weighted by molar-refractivity contribution is -0.0312. The van der Waals surface area contributed by atoms with Gasteiger partial charge in [0.15, 0.2) is 0 Å². The molecule has 2 atom stereocenters. The Kier molecular flexibility index (Phi) is 8.81. The molecule has 0 amide bonds. The molecule has 3 N–H and O–H groups in total. The zero-order valence-corrected chi connectivity index (χ0v) is 22.9. The van der Waals surface area contributed by atoms with E-state index in [1.807, 2.05) is 0 Å². The summed E-state index contributed by atoms with van der Waals surface area (Å²) in [7, 11) is -5.92. The summed E-state index contributed by atoms with van der Waals surface area (Å²) in [5, 5.41) is 13.9. The van der Waals surface area contributed by atoms with Crippen molar-refractivity contribution in [2.45, 2.75) is 46.8 Å². The van der Waals surface area contributed by atoms with E-state index in [-0.39, 0.29) is 34.0 Å². The van der Waals surface area contributed by atoms with E-state index in [9.17, 15) is 21.9 Å². The average molecular weight is 574 g/mol. The molecule has 204 valence electrons. The molecule has 2 heterocycles. The van der Waals surface area contributed by atoms with Crippen LogP contribution in [0.2, 0.25) is 5.02 Å². The lowest BCUT2D eigenvalue weighted by Gasteiger charge is -2.38. The van der Waals surface area contributed by atoms with Crippen molar-refractivity contribution in [3.8, 4) is 5.75 Å². The van der Waals surface area contributed by atoms with Gasteiger partial charge in [-0.1, -0.05) is 29.8 Å². The predicted octanol–water partition coefficient (Wildman–Crippen LogP) is 1.59. The van der Waals surface area contributed by atoms with Crippen LogP contribution >= 0.6 is 11.6 Å². The van der Waals surface area contributed by atoms with Gasteiger partial charge in [-0.25, -0.2) is 21.6 Å². The van der Waals surface area contributed by atoms with E-state index >= 15 is 0 Å². The molecule has 2 aromatic rings. The van der Waals surface area contributed by atoms with Crippen molar-refractivity contribution in [3.05, 3.63) is 53.6 Å². The minimum absolute atomic E-state index is 0.0103. The summed E-state index contributed by atoms with van der Waals surface area (Å²) in [6, 6.07) is 12.5. The maximum atomic E-state index is 13.0. The number of sulfonamides is 2. The van der Waals surface area contributed by atoms with Crippen molar-refractivity contribution in [1.29, 1.82) is 0 Å². The van der Waals surface area contributed by atoms with Gasteiger partial charge in [-0.15, -0.1) is 0 Å². The standard InChI is InChI=1S/C24H32ClN3O7S2/c1-26-36(30,31)21-6-4-5-20(13-21)34-17-19(29)15-27-18-14-24(35-16-18)9-11-28(12-10-24)37(32,33)23-8-3-2-7-22(23)25/h2-8,13,18-19,26-27,29H,9-12,14-17H2,1H3/t18?,19-/m0/s1. The van der Waals surface area contributed by atoms with Crippen LogP contribution in [0.3, 0.4) is 0 Å². The van der Waals surface area contributed by atoms with E-state index in [4.69, 9.17) is 21.1 Å². The molecular formula is C24H32ClN3O7S2. The summed E-state index contributed by atoms with van der Waals surface area (Å²) in [6.45, 7) is 1.42. The molecule has 2 saturated heterocycles. The summed E-state index contributed by atoms with van der Waals surface area (Å²) >= 11 is 6.12. The number of aliphatic hydroxyl groups is 1. The highest BCUT2D eigenvalue weighted by Gasteiger charge is 2.45. The molecule has 2 aromatic carbocycles. The zero-order chi connectivity index (χ0) is 26.7. The first-order chi connectivity index (χ1) is 17.5. The van der Waals surface area contributed by atoms with Crippen molar-refractivity contribution >= 4 is 31.6 Å². The van der Waals surface area contributed by atoms with Gasteiger partial charge >= 0.3 is 0 Å². The van der Waals surface area contributed by atoms with E-state index in [0.29, 0.717) is 44.7 Å². The van der Waals surface area contributed by atoms with Crippen LogP contribution in [-0.2, 0) is 24.8 Å². The SMILES string of the molecule is CNS(=O)(=O)c1cccc(OC[C@@H](O)CNC2COC3(CCN(S(=O)(=O)c4ccccc4Cl)CC3)C2)c1. The monoisotopic (exact) mass is 573 g/mol. The Hall–Kier alpha value is -1.77. The number of piperidine rings is 1. The van der Waals surface area contributed by atoms with E-state index in [1.165, 1.54) is 29.6 Å². The van der Waals surface area contributed by atoms with Crippen LogP contribution in [0, 0.1) is 0 Å². The molecule has 0 aliphatic carbocycles. The fraction of sp³-hybridized carbons (Fsp3) is 0.500. The van der Waals surface area contributed by atoms with Gasteiger partial charge < -0.3 is 19.9 Å². The van der Waals surface area contributed by atoms with E-state index in [1.54, 1.807) is 30.3 Å². The lowest BCUT2D eigenvalue weighted by Crippen LogP contribution is -2.47. The molecule has 13 heteroatoms. The third kappa shape index (κ3) is 6.63. The highest BCUT2D eigenvalue weighted by atomic mass is 35.5. The smallest absolute Gasteiger partial charge is 0.244 e. The van der Waals surface area contributed by atoms with Gasteiger partial charge in [0.1, 0.15) is 23.4 Å². The maximum Gasteiger partial charge on any atom is 0.244 e. The Labute approximate surface area is 223 Å². The normalized spacial score (nSPS) is 21.2. The Morgan fingerprint density at radius 2 is 1.89 bits per heavy atom. The van der Waals surface area contributed by atoms with Crippen LogP contribution in [0.4, 0.5) is 0 Å². The largest absolute Gasteiger partial charge is 0.491 e. The highest BCUT2D eigenvalue weighted by Crippen LogP contribution is 2.38. The van der Waals surface area contributed by atoms with Gasteiger partial charge in [0.2, 0.25) is 20.0 Å². The van der Waals surface area contributed by atoms with Crippen molar-refractivity contribution in [1.82, 2.24) is 14.3 Å². The Balaban J connectivity index is 1.23. The van der Waals surface area contributed by atoms with Crippen LogP contribution < -0.4 is 14.8 Å². The van der Waals surface area contributed by atoms with Crippen molar-refractivity contribution in [2.24, 2.45) is 0 Å². The molecular weight excluding hydrogens is 542 g/mol. The number of rotatable bonds is 10. The molecule has 0 aromatic heterocycles. The van der Waals surface area contributed by atoms with Crippen molar-refractivity contribution in [2.75, 3.05) is 39.9 Å². The number of nitrogens with one attached hydrogen (secondary N) is 2.